The van der Waals surface area contributed by atoms with Crippen LogP contribution in [0.5, 0.6) is 11.5 Å². The Balaban J connectivity index is 1.67. The number of carbonyl (C=O) groups excluding carboxylic acids is 1. The molecule has 4 rings (SSSR count). The van der Waals surface area contributed by atoms with Gasteiger partial charge >= 0.3 is 0 Å². The van der Waals surface area contributed by atoms with Crippen molar-refractivity contribution in [1.29, 1.82) is 0 Å². The molecule has 1 amide bonds. The Bertz CT molecular complexity index is 1180. The van der Waals surface area contributed by atoms with Crippen LogP contribution in [0.1, 0.15) is 5.56 Å². The van der Waals surface area contributed by atoms with Crippen LogP contribution in [0.2, 0.25) is 0 Å². The fraction of sp³-hybridized carbons (Fsp3) is 0.174. The maximum Gasteiger partial charge on any atom is 0.239 e. The Labute approximate surface area is 193 Å². The van der Waals surface area contributed by atoms with E-state index in [0.29, 0.717) is 28.7 Å². The van der Waals surface area contributed by atoms with Crippen molar-refractivity contribution in [2.45, 2.75) is 11.4 Å². The summed E-state index contributed by atoms with van der Waals surface area (Å²) in [5.41, 5.74) is 1.52. The minimum absolute atomic E-state index is 0.125. The molecule has 0 radical (unpaired) electrons. The van der Waals surface area contributed by atoms with Crippen LogP contribution < -0.4 is 14.4 Å². The van der Waals surface area contributed by atoms with Crippen molar-refractivity contribution < 1.29 is 18.7 Å². The number of ether oxygens (including phenoxy) is 2. The molecule has 32 heavy (non-hydrogen) atoms. The third-order valence-corrected chi connectivity index (χ3v) is 6.76. The molecule has 0 aliphatic heterocycles. The van der Waals surface area contributed by atoms with Gasteiger partial charge in [-0.3, -0.25) is 14.7 Å². The molecule has 0 aliphatic rings. The summed E-state index contributed by atoms with van der Waals surface area (Å²) in [5, 5.41) is 0.538. The number of halogens is 1. The molecule has 2 heterocycles. The van der Waals surface area contributed by atoms with Gasteiger partial charge in [-0.05, 0) is 48.0 Å². The molecule has 0 saturated carbocycles. The van der Waals surface area contributed by atoms with Crippen molar-refractivity contribution in [3.8, 4) is 11.5 Å². The minimum Gasteiger partial charge on any atom is -0.495 e. The second kappa shape index (κ2) is 9.97. The summed E-state index contributed by atoms with van der Waals surface area (Å²) in [6, 6.07) is 13.4. The number of hydrogen-bond acceptors (Lipinski definition) is 7. The predicted molar refractivity (Wildman–Crippen MR) is 125 cm³/mol. The van der Waals surface area contributed by atoms with Crippen molar-refractivity contribution in [3.63, 3.8) is 0 Å². The standard InChI is InChI=1S/C23H20FN3O3S2/c1-29-18-9-10-19(30-2)22-21(18)26-23(32-22)27(13-15-4-3-11-25-12-15)20(28)14-31-17-7-5-16(24)6-8-17/h3-12H,13-14H2,1-2H3. The number of amides is 1. The Kier molecular flexibility index (Phi) is 6.87. The molecule has 0 aliphatic carbocycles. The zero-order valence-electron chi connectivity index (χ0n) is 17.4. The maximum atomic E-state index is 13.3. The van der Waals surface area contributed by atoms with Gasteiger partial charge in [-0.1, -0.05) is 17.4 Å². The average Bonchev–Trinajstić information content (AvgIpc) is 3.27. The number of thioether (sulfide) groups is 1. The second-order valence-electron chi connectivity index (χ2n) is 6.73. The lowest BCUT2D eigenvalue weighted by molar-refractivity contribution is -0.116. The number of pyridine rings is 1. The third kappa shape index (κ3) is 4.84. The molecule has 0 atom stereocenters. The van der Waals surface area contributed by atoms with Crippen molar-refractivity contribution in [2.75, 3.05) is 24.9 Å². The minimum atomic E-state index is -0.309. The number of methoxy groups -OCH3 is 2. The molecule has 6 nitrogen and oxygen atoms in total. The smallest absolute Gasteiger partial charge is 0.239 e. The van der Waals surface area contributed by atoms with E-state index in [-0.39, 0.29) is 17.5 Å². The van der Waals surface area contributed by atoms with Crippen LogP contribution in [0, 0.1) is 5.82 Å². The van der Waals surface area contributed by atoms with Crippen LogP contribution in [-0.4, -0.2) is 35.8 Å². The summed E-state index contributed by atoms with van der Waals surface area (Å²) in [6.07, 6.45) is 3.41. The van der Waals surface area contributed by atoms with Gasteiger partial charge in [0.2, 0.25) is 5.91 Å². The first kappa shape index (κ1) is 22.0. The van der Waals surface area contributed by atoms with E-state index in [9.17, 15) is 9.18 Å². The van der Waals surface area contributed by atoms with Crippen molar-refractivity contribution in [1.82, 2.24) is 9.97 Å². The third-order valence-electron chi connectivity index (χ3n) is 4.67. The molecule has 164 valence electrons. The van der Waals surface area contributed by atoms with E-state index in [4.69, 9.17) is 14.5 Å². The first-order valence-electron chi connectivity index (χ1n) is 9.68. The summed E-state index contributed by atoms with van der Waals surface area (Å²) < 4.78 is 24.9. The second-order valence-corrected chi connectivity index (χ2v) is 8.75. The number of thiazole rings is 1. The van der Waals surface area contributed by atoms with Gasteiger partial charge in [-0.25, -0.2) is 9.37 Å². The van der Waals surface area contributed by atoms with E-state index in [1.807, 2.05) is 18.2 Å². The molecule has 0 spiro atoms. The highest BCUT2D eigenvalue weighted by molar-refractivity contribution is 8.00. The van der Waals surface area contributed by atoms with E-state index < -0.39 is 0 Å². The van der Waals surface area contributed by atoms with Gasteiger partial charge in [-0.2, -0.15) is 0 Å². The first-order chi connectivity index (χ1) is 15.6. The Morgan fingerprint density at radius 2 is 1.84 bits per heavy atom. The van der Waals surface area contributed by atoms with E-state index >= 15 is 0 Å². The molecular formula is C23H20FN3O3S2. The lowest BCUT2D eigenvalue weighted by Gasteiger charge is -2.19. The number of carbonyl (C=O) groups is 1. The van der Waals surface area contributed by atoms with Gasteiger partial charge in [0.25, 0.3) is 0 Å². The van der Waals surface area contributed by atoms with Crippen LogP contribution in [-0.2, 0) is 11.3 Å². The highest BCUT2D eigenvalue weighted by Crippen LogP contribution is 2.40. The lowest BCUT2D eigenvalue weighted by Crippen LogP contribution is -2.31. The zero-order chi connectivity index (χ0) is 22.5. The molecule has 0 bridgehead atoms. The molecule has 2 aromatic heterocycles. The Morgan fingerprint density at radius 3 is 2.53 bits per heavy atom. The molecule has 0 fully saturated rings. The van der Waals surface area contributed by atoms with Gasteiger partial charge in [0, 0.05) is 17.3 Å². The number of hydrogen-bond donors (Lipinski definition) is 0. The molecule has 0 N–H and O–H groups in total. The van der Waals surface area contributed by atoms with Gasteiger partial charge in [0.1, 0.15) is 27.5 Å². The number of fused-ring (bicyclic) bond motifs is 1. The zero-order valence-corrected chi connectivity index (χ0v) is 19.1. The summed E-state index contributed by atoms with van der Waals surface area (Å²) >= 11 is 2.71. The van der Waals surface area contributed by atoms with Crippen molar-refractivity contribution in [3.05, 3.63) is 72.3 Å². The van der Waals surface area contributed by atoms with E-state index in [0.717, 1.165) is 15.2 Å². The largest absolute Gasteiger partial charge is 0.495 e. The summed E-state index contributed by atoms with van der Waals surface area (Å²) in [4.78, 5) is 24.6. The van der Waals surface area contributed by atoms with Crippen LogP contribution in [0.3, 0.4) is 0 Å². The van der Waals surface area contributed by atoms with Crippen molar-refractivity contribution in [2.24, 2.45) is 0 Å². The van der Waals surface area contributed by atoms with E-state index in [1.165, 1.54) is 35.2 Å². The van der Waals surface area contributed by atoms with E-state index in [2.05, 4.69) is 4.98 Å². The highest BCUT2D eigenvalue weighted by Gasteiger charge is 2.23. The average molecular weight is 470 g/mol. The summed E-state index contributed by atoms with van der Waals surface area (Å²) in [5.74, 6) is 1.02. The number of rotatable bonds is 8. The maximum absolute atomic E-state index is 13.3. The van der Waals surface area contributed by atoms with Gasteiger partial charge in [-0.15, -0.1) is 11.8 Å². The SMILES string of the molecule is COc1ccc(OC)c2sc(N(Cc3cccnc3)C(=O)CSc3ccc(F)cc3)nc12. The number of aromatic nitrogens is 2. The highest BCUT2D eigenvalue weighted by atomic mass is 32.2. The van der Waals surface area contributed by atoms with Gasteiger partial charge < -0.3 is 9.47 Å². The normalized spacial score (nSPS) is 10.8. The summed E-state index contributed by atoms with van der Waals surface area (Å²) in [7, 11) is 3.18. The fourth-order valence-electron chi connectivity index (χ4n) is 3.08. The van der Waals surface area contributed by atoms with Crippen LogP contribution >= 0.6 is 23.1 Å². The first-order valence-corrected chi connectivity index (χ1v) is 11.5. The van der Waals surface area contributed by atoms with Crippen LogP contribution in [0.15, 0.2) is 65.8 Å². The van der Waals surface area contributed by atoms with Gasteiger partial charge in [0.15, 0.2) is 5.13 Å². The number of nitrogens with zero attached hydrogens (tertiary/aromatic N) is 3. The quantitative estimate of drug-likeness (QED) is 0.332. The Hall–Kier alpha value is -3.17. The molecule has 2 aromatic carbocycles. The molecule has 0 saturated heterocycles. The fourth-order valence-corrected chi connectivity index (χ4v) is 4.95. The topological polar surface area (TPSA) is 64.6 Å². The molecule has 0 unspecified atom stereocenters. The Morgan fingerprint density at radius 1 is 1.09 bits per heavy atom. The molecule has 9 heteroatoms. The monoisotopic (exact) mass is 469 g/mol. The van der Waals surface area contributed by atoms with Gasteiger partial charge in [0.05, 0.1) is 26.5 Å². The van der Waals surface area contributed by atoms with Crippen LogP contribution in [0.4, 0.5) is 9.52 Å². The summed E-state index contributed by atoms with van der Waals surface area (Å²) in [6.45, 7) is 0.321. The van der Waals surface area contributed by atoms with Crippen molar-refractivity contribution >= 4 is 44.4 Å². The lowest BCUT2D eigenvalue weighted by atomic mass is 10.2. The van der Waals surface area contributed by atoms with E-state index in [1.54, 1.807) is 49.7 Å². The number of anilines is 1. The molecular weight excluding hydrogens is 449 g/mol. The van der Waals surface area contributed by atoms with Crippen LogP contribution in [0.25, 0.3) is 10.2 Å². The predicted octanol–water partition coefficient (Wildman–Crippen LogP) is 5.17. The number of benzene rings is 2. The molecule has 4 aromatic rings.